The molecule has 4 rings (SSSR count). The summed E-state index contributed by atoms with van der Waals surface area (Å²) < 4.78 is 0. The van der Waals surface area contributed by atoms with Crippen molar-refractivity contribution in [1.82, 2.24) is 0 Å². The Morgan fingerprint density at radius 2 is 0.694 bits per heavy atom. The molecule has 0 fully saturated rings. The van der Waals surface area contributed by atoms with Crippen LogP contribution in [-0.4, -0.2) is 11.1 Å². The highest BCUT2D eigenvalue weighted by Crippen LogP contribution is 2.56. The predicted molar refractivity (Wildman–Crippen MR) is 210 cm³/mol. The van der Waals surface area contributed by atoms with E-state index in [1.807, 2.05) is 0 Å². The van der Waals surface area contributed by atoms with Crippen molar-refractivity contribution in [3.63, 3.8) is 0 Å². The van der Waals surface area contributed by atoms with Crippen LogP contribution in [0.1, 0.15) is 156 Å². The highest BCUT2D eigenvalue weighted by molar-refractivity contribution is 5.91. The third-order valence-electron chi connectivity index (χ3n) is 10.2. The molecule has 0 radical (unpaired) electrons. The lowest BCUT2D eigenvalue weighted by Crippen LogP contribution is -2.48. The zero-order valence-corrected chi connectivity index (χ0v) is 33.4. The summed E-state index contributed by atoms with van der Waals surface area (Å²) in [5, 5.41) is 12.5. The Morgan fingerprint density at radius 3 is 0.959 bits per heavy atom. The Bertz CT molecular complexity index is 1730. The van der Waals surface area contributed by atoms with E-state index >= 15 is 4.79 Å². The normalized spacial score (nSPS) is 13.2. The number of hydrogen-bond acceptors (Lipinski definition) is 1. The summed E-state index contributed by atoms with van der Waals surface area (Å²) in [5.41, 5.74) is 10.1. The van der Waals surface area contributed by atoms with Crippen LogP contribution in [0.15, 0.2) is 72.8 Å². The van der Waals surface area contributed by atoms with E-state index in [-0.39, 0.29) is 21.7 Å². The van der Waals surface area contributed by atoms with Crippen LogP contribution in [0, 0.1) is 27.7 Å². The van der Waals surface area contributed by atoms with E-state index in [0.29, 0.717) is 0 Å². The van der Waals surface area contributed by atoms with E-state index in [0.717, 1.165) is 55.6 Å². The molecule has 0 saturated heterocycles. The van der Waals surface area contributed by atoms with Gasteiger partial charge in [-0.15, -0.1) is 0 Å². The Hall–Kier alpha value is -3.65. The Labute approximate surface area is 298 Å². The van der Waals surface area contributed by atoms with Gasteiger partial charge in [0, 0.05) is 5.92 Å². The van der Waals surface area contributed by atoms with Gasteiger partial charge >= 0.3 is 5.97 Å². The number of aryl methyl sites for hydroxylation is 4. The first-order valence-corrected chi connectivity index (χ1v) is 18.0. The standard InChI is InChI=1S/C47H62O2/c1-29-17-21-35(43(5,6)7)33(25-29)41(34-26-30(2)18-22-36(34)44(8,9)10)47(42(48)49,39-27-31(3)19-23-37(39)45(11,12)13)40-28-32(4)20-24-38(40)46(14,15)16/h17-28,41H,1-16H3,(H,48,49). The molecule has 1 N–H and O–H groups in total. The maximum absolute atomic E-state index is 15.3. The van der Waals surface area contributed by atoms with E-state index in [4.69, 9.17) is 0 Å². The van der Waals surface area contributed by atoms with Gasteiger partial charge in [-0.25, -0.2) is 0 Å². The molecule has 262 valence electrons. The van der Waals surface area contributed by atoms with E-state index in [1.165, 1.54) is 11.1 Å². The van der Waals surface area contributed by atoms with Gasteiger partial charge in [0.1, 0.15) is 5.41 Å². The molecule has 4 aromatic rings. The molecular formula is C47H62O2. The number of aliphatic carboxylic acids is 1. The summed E-state index contributed by atoms with van der Waals surface area (Å²) in [6, 6.07) is 26.5. The minimum Gasteiger partial charge on any atom is -0.480 e. The molecule has 0 aromatic heterocycles. The first kappa shape index (κ1) is 38.2. The van der Waals surface area contributed by atoms with Crippen LogP contribution < -0.4 is 0 Å². The molecule has 0 aliphatic carbocycles. The second-order valence-corrected chi connectivity index (χ2v) is 18.8. The Morgan fingerprint density at radius 1 is 0.429 bits per heavy atom. The van der Waals surface area contributed by atoms with Crippen molar-refractivity contribution < 1.29 is 9.90 Å². The molecule has 2 heteroatoms. The van der Waals surface area contributed by atoms with Gasteiger partial charge in [0.05, 0.1) is 0 Å². The van der Waals surface area contributed by atoms with Gasteiger partial charge < -0.3 is 5.11 Å². The van der Waals surface area contributed by atoms with E-state index < -0.39 is 17.3 Å². The van der Waals surface area contributed by atoms with Crippen LogP contribution >= 0.6 is 0 Å². The average molecular weight is 659 g/mol. The highest BCUT2D eigenvalue weighted by atomic mass is 16.4. The largest absolute Gasteiger partial charge is 0.480 e. The van der Waals surface area contributed by atoms with Crippen molar-refractivity contribution >= 4 is 5.97 Å². The summed E-state index contributed by atoms with van der Waals surface area (Å²) >= 11 is 0. The molecule has 0 heterocycles. The molecule has 2 nitrogen and oxygen atoms in total. The minimum atomic E-state index is -1.50. The second kappa shape index (κ2) is 12.9. The Balaban J connectivity index is 2.54. The predicted octanol–water partition coefficient (Wildman–Crippen LogP) is 12.3. The zero-order chi connectivity index (χ0) is 37.1. The van der Waals surface area contributed by atoms with Gasteiger partial charge in [0.2, 0.25) is 0 Å². The molecule has 0 aliphatic rings. The number of hydrogen-bond donors (Lipinski definition) is 1. The van der Waals surface area contributed by atoms with Crippen molar-refractivity contribution in [1.29, 1.82) is 0 Å². The molecule has 0 unspecified atom stereocenters. The van der Waals surface area contributed by atoms with E-state index in [9.17, 15) is 5.11 Å². The lowest BCUT2D eigenvalue weighted by Gasteiger charge is -2.46. The molecular weight excluding hydrogens is 597 g/mol. The average Bonchev–Trinajstić information content (AvgIpc) is 2.92. The quantitative estimate of drug-likeness (QED) is 0.224. The lowest BCUT2D eigenvalue weighted by atomic mass is 9.54. The monoisotopic (exact) mass is 658 g/mol. The van der Waals surface area contributed by atoms with Crippen LogP contribution in [0.2, 0.25) is 0 Å². The minimum absolute atomic E-state index is 0.240. The Kier molecular flexibility index (Phi) is 10.1. The summed E-state index contributed by atoms with van der Waals surface area (Å²) in [5.74, 6) is -1.38. The van der Waals surface area contributed by atoms with Gasteiger partial charge in [-0.1, -0.05) is 178 Å². The van der Waals surface area contributed by atoms with Crippen LogP contribution in [-0.2, 0) is 31.9 Å². The van der Waals surface area contributed by atoms with Crippen LogP contribution in [0.4, 0.5) is 0 Å². The molecule has 0 aliphatic heterocycles. The number of benzene rings is 4. The molecule has 4 aromatic carbocycles. The van der Waals surface area contributed by atoms with Crippen molar-refractivity contribution in [3.05, 3.63) is 140 Å². The number of carboxylic acid groups (broad SMARTS) is 1. The summed E-state index contributed by atoms with van der Waals surface area (Å²) in [4.78, 5) is 15.3. The van der Waals surface area contributed by atoms with Gasteiger partial charge in [-0.05, 0) is 93.9 Å². The summed E-state index contributed by atoms with van der Waals surface area (Å²) in [6.45, 7) is 35.3. The maximum Gasteiger partial charge on any atom is 0.319 e. The summed E-state index contributed by atoms with van der Waals surface area (Å²) in [7, 11) is 0. The SMILES string of the molecule is Cc1ccc(C(C)(C)C)c(C(c2cc(C)ccc2C(C)(C)C)C(C(=O)O)(c2cc(C)ccc2C(C)(C)C)c2cc(C)ccc2C(C)(C)C)c1. The van der Waals surface area contributed by atoms with Gasteiger partial charge in [-0.3, -0.25) is 4.79 Å². The third-order valence-corrected chi connectivity index (χ3v) is 10.2. The first-order valence-electron chi connectivity index (χ1n) is 18.0. The number of carboxylic acids is 1. The lowest BCUT2D eigenvalue weighted by molar-refractivity contribution is -0.142. The van der Waals surface area contributed by atoms with Gasteiger partial charge in [0.15, 0.2) is 0 Å². The van der Waals surface area contributed by atoms with Crippen molar-refractivity contribution in [2.24, 2.45) is 0 Å². The third kappa shape index (κ3) is 7.30. The van der Waals surface area contributed by atoms with Gasteiger partial charge in [0.25, 0.3) is 0 Å². The smallest absolute Gasteiger partial charge is 0.319 e. The summed E-state index contributed by atoms with van der Waals surface area (Å²) in [6.07, 6.45) is 0. The molecule has 0 bridgehead atoms. The van der Waals surface area contributed by atoms with E-state index in [2.05, 4.69) is 184 Å². The maximum atomic E-state index is 15.3. The molecule has 0 atom stereocenters. The second-order valence-electron chi connectivity index (χ2n) is 18.8. The van der Waals surface area contributed by atoms with Crippen molar-refractivity contribution in [3.8, 4) is 0 Å². The van der Waals surface area contributed by atoms with E-state index in [1.54, 1.807) is 0 Å². The molecule has 49 heavy (non-hydrogen) atoms. The van der Waals surface area contributed by atoms with Crippen LogP contribution in [0.25, 0.3) is 0 Å². The molecule has 0 spiro atoms. The highest BCUT2D eigenvalue weighted by Gasteiger charge is 2.55. The zero-order valence-electron chi connectivity index (χ0n) is 33.4. The molecule has 0 saturated carbocycles. The first-order chi connectivity index (χ1) is 22.3. The number of rotatable bonds is 6. The fraction of sp³-hybridized carbons (Fsp3) is 0.468. The topological polar surface area (TPSA) is 37.3 Å². The van der Waals surface area contributed by atoms with Crippen molar-refractivity contribution in [2.45, 2.75) is 144 Å². The molecule has 0 amide bonds. The van der Waals surface area contributed by atoms with Crippen LogP contribution in [0.5, 0.6) is 0 Å². The fourth-order valence-electron chi connectivity index (χ4n) is 7.93. The fourth-order valence-corrected chi connectivity index (χ4v) is 7.93. The van der Waals surface area contributed by atoms with Gasteiger partial charge in [-0.2, -0.15) is 0 Å². The van der Waals surface area contributed by atoms with Crippen molar-refractivity contribution in [2.75, 3.05) is 0 Å². The number of carbonyl (C=O) groups is 1. The van der Waals surface area contributed by atoms with Crippen LogP contribution in [0.3, 0.4) is 0 Å².